The molecule has 0 bridgehead atoms. The summed E-state index contributed by atoms with van der Waals surface area (Å²) in [7, 11) is 1.59. The van der Waals surface area contributed by atoms with Gasteiger partial charge < -0.3 is 14.5 Å². The van der Waals surface area contributed by atoms with E-state index in [1.54, 1.807) is 25.3 Å². The van der Waals surface area contributed by atoms with Crippen LogP contribution >= 0.6 is 15.9 Å². The van der Waals surface area contributed by atoms with Crippen molar-refractivity contribution in [2.45, 2.75) is 13.8 Å². The van der Waals surface area contributed by atoms with Gasteiger partial charge in [-0.3, -0.25) is 4.79 Å². The molecule has 3 aromatic rings. The van der Waals surface area contributed by atoms with Crippen LogP contribution in [-0.4, -0.2) is 29.0 Å². The highest BCUT2D eigenvalue weighted by Crippen LogP contribution is 2.29. The van der Waals surface area contributed by atoms with Crippen molar-refractivity contribution in [1.82, 2.24) is 9.97 Å². The molecule has 0 saturated heterocycles. The monoisotopic (exact) mass is 402 g/mol. The molecule has 0 aliphatic heterocycles. The molecule has 130 valence electrons. The number of halogens is 1. The molecular formula is C19H19BrN2O3. The Bertz CT molecular complexity index is 959. The molecule has 6 heteroatoms. The van der Waals surface area contributed by atoms with Gasteiger partial charge in [0, 0.05) is 17.0 Å². The van der Waals surface area contributed by atoms with Crippen LogP contribution in [0, 0.1) is 13.8 Å². The topological polar surface area (TPSA) is 64.2 Å². The third-order valence-corrected chi connectivity index (χ3v) is 4.29. The van der Waals surface area contributed by atoms with E-state index in [-0.39, 0.29) is 5.56 Å². The number of ether oxygens (including phenoxy) is 2. The zero-order valence-electron chi connectivity index (χ0n) is 14.4. The van der Waals surface area contributed by atoms with Crippen molar-refractivity contribution in [2.24, 2.45) is 0 Å². The van der Waals surface area contributed by atoms with Gasteiger partial charge in [-0.1, -0.05) is 15.9 Å². The molecule has 5 nitrogen and oxygen atoms in total. The van der Waals surface area contributed by atoms with Crippen LogP contribution in [0.4, 0.5) is 0 Å². The van der Waals surface area contributed by atoms with Crippen LogP contribution < -0.4 is 15.0 Å². The van der Waals surface area contributed by atoms with Crippen LogP contribution in [0.15, 0.2) is 35.1 Å². The lowest BCUT2D eigenvalue weighted by molar-refractivity contribution is 0.340. The van der Waals surface area contributed by atoms with E-state index in [0.717, 1.165) is 27.8 Å². The van der Waals surface area contributed by atoms with Crippen LogP contribution in [0.1, 0.15) is 11.1 Å². The number of hydrogen-bond acceptors (Lipinski definition) is 4. The third-order valence-electron chi connectivity index (χ3n) is 3.97. The number of aryl methyl sites for hydroxylation is 2. The van der Waals surface area contributed by atoms with Gasteiger partial charge in [-0.25, -0.2) is 4.98 Å². The minimum atomic E-state index is -0.169. The Balaban J connectivity index is 2.11. The minimum absolute atomic E-state index is 0.169. The summed E-state index contributed by atoms with van der Waals surface area (Å²) in [6.45, 7) is 4.58. The number of alkyl halides is 1. The predicted molar refractivity (Wildman–Crippen MR) is 103 cm³/mol. The molecule has 0 fully saturated rings. The number of benzene rings is 2. The SMILES string of the molecule is COc1ccc2c(=O)[nH]c(-c3cc(C)c(OCCBr)c(C)c3)nc2c1. The van der Waals surface area contributed by atoms with Crippen molar-refractivity contribution in [3.8, 4) is 22.9 Å². The van der Waals surface area contributed by atoms with Gasteiger partial charge in [0.25, 0.3) is 5.56 Å². The van der Waals surface area contributed by atoms with Crippen LogP contribution in [-0.2, 0) is 0 Å². The summed E-state index contributed by atoms with van der Waals surface area (Å²) in [5, 5.41) is 1.31. The van der Waals surface area contributed by atoms with Gasteiger partial charge in [0.05, 0.1) is 24.6 Å². The van der Waals surface area contributed by atoms with E-state index in [1.165, 1.54) is 0 Å². The maximum absolute atomic E-state index is 12.4. The van der Waals surface area contributed by atoms with E-state index in [0.29, 0.717) is 29.1 Å². The number of nitrogens with one attached hydrogen (secondary N) is 1. The first-order valence-corrected chi connectivity index (χ1v) is 9.04. The maximum atomic E-state index is 12.4. The summed E-state index contributed by atoms with van der Waals surface area (Å²) in [4.78, 5) is 19.9. The molecule has 0 aliphatic rings. The van der Waals surface area contributed by atoms with E-state index >= 15 is 0 Å². The highest BCUT2D eigenvalue weighted by molar-refractivity contribution is 9.09. The number of nitrogens with zero attached hydrogens (tertiary/aromatic N) is 1. The fraction of sp³-hybridized carbons (Fsp3) is 0.263. The van der Waals surface area contributed by atoms with Crippen molar-refractivity contribution in [3.05, 3.63) is 51.8 Å². The minimum Gasteiger partial charge on any atom is -0.497 e. The molecule has 25 heavy (non-hydrogen) atoms. The van der Waals surface area contributed by atoms with E-state index in [2.05, 4.69) is 25.9 Å². The van der Waals surface area contributed by atoms with Gasteiger partial charge in [-0.05, 0) is 49.2 Å². The first kappa shape index (κ1) is 17.5. The van der Waals surface area contributed by atoms with Crippen molar-refractivity contribution >= 4 is 26.8 Å². The Hall–Kier alpha value is -2.34. The molecule has 3 rings (SSSR count). The maximum Gasteiger partial charge on any atom is 0.259 e. The van der Waals surface area contributed by atoms with Gasteiger partial charge in [0.2, 0.25) is 0 Å². The van der Waals surface area contributed by atoms with Gasteiger partial charge >= 0.3 is 0 Å². The van der Waals surface area contributed by atoms with Crippen LogP contribution in [0.2, 0.25) is 0 Å². The van der Waals surface area contributed by atoms with Crippen LogP contribution in [0.5, 0.6) is 11.5 Å². The second kappa shape index (κ2) is 7.27. The van der Waals surface area contributed by atoms with Gasteiger partial charge in [-0.2, -0.15) is 0 Å². The number of aromatic amines is 1. The Kier molecular flexibility index (Phi) is 5.08. The van der Waals surface area contributed by atoms with E-state index in [1.807, 2.05) is 26.0 Å². The zero-order chi connectivity index (χ0) is 18.0. The van der Waals surface area contributed by atoms with Gasteiger partial charge in [0.15, 0.2) is 0 Å². The molecule has 0 radical (unpaired) electrons. The number of rotatable bonds is 5. The van der Waals surface area contributed by atoms with Gasteiger partial charge in [0.1, 0.15) is 17.3 Å². The fourth-order valence-corrected chi connectivity index (χ4v) is 3.00. The second-order valence-electron chi connectivity index (χ2n) is 5.77. The Labute approximate surface area is 154 Å². The quantitative estimate of drug-likeness (QED) is 0.655. The lowest BCUT2D eigenvalue weighted by Crippen LogP contribution is -2.10. The number of fused-ring (bicyclic) bond motifs is 1. The average molecular weight is 403 g/mol. The van der Waals surface area contributed by atoms with Crippen molar-refractivity contribution in [3.63, 3.8) is 0 Å². The summed E-state index contributed by atoms with van der Waals surface area (Å²) in [5.41, 5.74) is 3.29. The standard InChI is InChI=1S/C19H19BrN2O3/c1-11-8-13(9-12(2)17(11)25-7-6-20)18-21-16-10-14(24-3)4-5-15(16)19(23)22-18/h4-5,8-10H,6-7H2,1-3H3,(H,21,22,23). The molecule has 1 aromatic heterocycles. The van der Waals surface area contributed by atoms with Crippen LogP contribution in [0.3, 0.4) is 0 Å². The molecule has 0 unspecified atom stereocenters. The number of aromatic nitrogens is 2. The molecule has 0 aliphatic carbocycles. The predicted octanol–water partition coefficient (Wildman–Crippen LogP) is 3.99. The van der Waals surface area contributed by atoms with Crippen LogP contribution in [0.25, 0.3) is 22.3 Å². The average Bonchev–Trinajstić information content (AvgIpc) is 2.60. The van der Waals surface area contributed by atoms with E-state index in [9.17, 15) is 4.79 Å². The Morgan fingerprint density at radius 2 is 1.88 bits per heavy atom. The third kappa shape index (κ3) is 3.54. The molecule has 0 amide bonds. The lowest BCUT2D eigenvalue weighted by atomic mass is 10.0. The number of methoxy groups -OCH3 is 1. The second-order valence-corrected chi connectivity index (χ2v) is 6.57. The molecule has 1 heterocycles. The van der Waals surface area contributed by atoms with Crippen molar-refractivity contribution in [2.75, 3.05) is 19.0 Å². The van der Waals surface area contributed by atoms with Crippen molar-refractivity contribution < 1.29 is 9.47 Å². The van der Waals surface area contributed by atoms with E-state index < -0.39 is 0 Å². The lowest BCUT2D eigenvalue weighted by Gasteiger charge is -2.13. The first-order chi connectivity index (χ1) is 12.0. The van der Waals surface area contributed by atoms with Crippen molar-refractivity contribution in [1.29, 1.82) is 0 Å². The van der Waals surface area contributed by atoms with E-state index in [4.69, 9.17) is 9.47 Å². The molecule has 0 atom stereocenters. The Morgan fingerprint density at radius 3 is 2.52 bits per heavy atom. The zero-order valence-corrected chi connectivity index (χ0v) is 15.9. The molecule has 0 saturated carbocycles. The summed E-state index contributed by atoms with van der Waals surface area (Å²) in [6, 6.07) is 9.18. The summed E-state index contributed by atoms with van der Waals surface area (Å²) in [5.74, 6) is 2.07. The largest absolute Gasteiger partial charge is 0.497 e. The highest BCUT2D eigenvalue weighted by Gasteiger charge is 2.11. The fourth-order valence-electron chi connectivity index (χ4n) is 2.84. The molecule has 1 N–H and O–H groups in total. The smallest absolute Gasteiger partial charge is 0.259 e. The summed E-state index contributed by atoms with van der Waals surface area (Å²) in [6.07, 6.45) is 0. The highest BCUT2D eigenvalue weighted by atomic mass is 79.9. The summed E-state index contributed by atoms with van der Waals surface area (Å²) < 4.78 is 11.0. The Morgan fingerprint density at radius 1 is 1.16 bits per heavy atom. The number of H-pyrrole nitrogens is 1. The normalized spacial score (nSPS) is 10.9. The first-order valence-electron chi connectivity index (χ1n) is 7.92. The molecule has 0 spiro atoms. The summed E-state index contributed by atoms with van der Waals surface area (Å²) >= 11 is 3.36. The number of hydrogen-bond donors (Lipinski definition) is 1. The molecular weight excluding hydrogens is 384 g/mol. The van der Waals surface area contributed by atoms with Gasteiger partial charge in [-0.15, -0.1) is 0 Å². The molecule has 2 aromatic carbocycles.